The van der Waals surface area contributed by atoms with Crippen LogP contribution in [0.5, 0.6) is 34.5 Å². The summed E-state index contributed by atoms with van der Waals surface area (Å²) in [6.07, 6.45) is 0. The molecule has 0 aliphatic heterocycles. The van der Waals surface area contributed by atoms with Crippen molar-refractivity contribution < 1.29 is 33.5 Å². The molecule has 3 aromatic carbocycles. The lowest BCUT2D eigenvalue weighted by Gasteiger charge is -2.25. The predicted molar refractivity (Wildman–Crippen MR) is 150 cm³/mol. The first kappa shape index (κ1) is 29.2. The maximum atomic E-state index is 14.2. The van der Waals surface area contributed by atoms with Crippen LogP contribution in [-0.4, -0.2) is 15.3 Å². The van der Waals surface area contributed by atoms with Gasteiger partial charge in [0.15, 0.2) is 0 Å². The molecule has 0 bridgehead atoms. The smallest absolute Gasteiger partial charge is 0.508 e. The average molecular weight is 543 g/mol. The van der Waals surface area contributed by atoms with Crippen LogP contribution in [-0.2, 0) is 20.8 Å². The fraction of sp³-hybridized carbons (Fsp3) is 0.400. The highest BCUT2D eigenvalue weighted by Gasteiger charge is 2.35. The number of hydrogen-bond donors (Lipinski definition) is 3. The van der Waals surface area contributed by atoms with E-state index in [0.29, 0.717) is 16.7 Å². The first-order chi connectivity index (χ1) is 17.3. The van der Waals surface area contributed by atoms with Crippen molar-refractivity contribution in [1.29, 1.82) is 0 Å². The van der Waals surface area contributed by atoms with Crippen molar-refractivity contribution in [3.05, 3.63) is 71.3 Å². The Balaban J connectivity index is 2.09. The van der Waals surface area contributed by atoms with Gasteiger partial charge in [-0.05, 0) is 70.8 Å². The average Bonchev–Trinajstić information content (AvgIpc) is 2.75. The van der Waals surface area contributed by atoms with Gasteiger partial charge < -0.3 is 28.9 Å². The quantitative estimate of drug-likeness (QED) is 0.269. The first-order valence-corrected chi connectivity index (χ1v) is 13.9. The Bertz CT molecular complexity index is 1190. The molecule has 38 heavy (non-hydrogen) atoms. The molecule has 8 heteroatoms. The number of phenols is 3. The van der Waals surface area contributed by atoms with Crippen LogP contribution in [0.1, 0.15) is 79.0 Å². The molecule has 0 fully saturated rings. The minimum atomic E-state index is -4.39. The van der Waals surface area contributed by atoms with E-state index in [1.807, 2.05) is 62.3 Å². The zero-order valence-electron chi connectivity index (χ0n) is 23.6. The third-order valence-electron chi connectivity index (χ3n) is 5.98. The third-order valence-corrected chi connectivity index (χ3v) is 7.28. The summed E-state index contributed by atoms with van der Waals surface area (Å²) >= 11 is 0. The van der Waals surface area contributed by atoms with Crippen molar-refractivity contribution in [1.82, 2.24) is 0 Å². The molecule has 0 aliphatic carbocycles. The van der Waals surface area contributed by atoms with Crippen LogP contribution in [0.4, 0.5) is 0 Å². The van der Waals surface area contributed by atoms with Crippen LogP contribution in [0.2, 0.25) is 0 Å². The largest absolute Gasteiger partial charge is 0.647 e. The number of phenolic OH excluding ortho intramolecular Hbond substituents is 3. The van der Waals surface area contributed by atoms with Gasteiger partial charge in [0.05, 0.1) is 0 Å². The molecule has 206 valence electrons. The molecule has 0 aliphatic rings. The fourth-order valence-electron chi connectivity index (χ4n) is 3.96. The lowest BCUT2D eigenvalue weighted by molar-refractivity contribution is 0.296. The minimum absolute atomic E-state index is 0.0863. The second-order valence-electron chi connectivity index (χ2n) is 12.5. The van der Waals surface area contributed by atoms with Gasteiger partial charge in [-0.1, -0.05) is 62.3 Å². The second-order valence-corrected chi connectivity index (χ2v) is 14.0. The van der Waals surface area contributed by atoms with E-state index in [-0.39, 0.29) is 34.5 Å². The summed E-state index contributed by atoms with van der Waals surface area (Å²) in [6, 6.07) is 13.7. The summed E-state index contributed by atoms with van der Waals surface area (Å²) in [5.74, 6) is 0.803. The van der Waals surface area contributed by atoms with Gasteiger partial charge in [-0.3, -0.25) is 0 Å². The molecule has 0 radical (unpaired) electrons. The Morgan fingerprint density at radius 1 is 0.500 bits per heavy atom. The third kappa shape index (κ3) is 6.96. The molecule has 0 atom stereocenters. The Hall–Kier alpha value is -3.31. The summed E-state index contributed by atoms with van der Waals surface area (Å²) in [5, 5.41) is 31.1. The van der Waals surface area contributed by atoms with E-state index < -0.39 is 24.1 Å². The van der Waals surface area contributed by atoms with Gasteiger partial charge in [-0.25, -0.2) is 0 Å². The molecule has 0 unspecified atom stereocenters. The maximum Gasteiger partial charge on any atom is 0.647 e. The van der Waals surface area contributed by atoms with Gasteiger partial charge in [0.25, 0.3) is 0 Å². The van der Waals surface area contributed by atoms with Gasteiger partial charge in [-0.2, -0.15) is 4.57 Å². The number of hydrogen-bond acceptors (Lipinski definition) is 7. The highest BCUT2D eigenvalue weighted by atomic mass is 31.2. The molecule has 3 rings (SSSR count). The molecule has 0 amide bonds. The predicted octanol–water partition coefficient (Wildman–Crippen LogP) is 8.34. The topological polar surface area (TPSA) is 105 Å². The molecule has 0 saturated heterocycles. The fourth-order valence-corrected chi connectivity index (χ4v) is 5.19. The second kappa shape index (κ2) is 10.1. The first-order valence-electron chi connectivity index (χ1n) is 12.5. The SMILES string of the molecule is CC(C)(C)c1cc(OP(=O)(Oc2ccc(O)c(C(C)(C)C)c2)Oc2ccc(O)c(C(C)(C)C)c2)ccc1O. The van der Waals surface area contributed by atoms with Crippen molar-refractivity contribution in [3.8, 4) is 34.5 Å². The van der Waals surface area contributed by atoms with Crippen LogP contribution in [0.3, 0.4) is 0 Å². The van der Waals surface area contributed by atoms with Crippen molar-refractivity contribution >= 4 is 7.82 Å². The van der Waals surface area contributed by atoms with Crippen molar-refractivity contribution in [2.75, 3.05) is 0 Å². The molecule has 3 N–H and O–H groups in total. The van der Waals surface area contributed by atoms with Gasteiger partial charge in [0.1, 0.15) is 34.5 Å². The van der Waals surface area contributed by atoms with Gasteiger partial charge in [-0.15, -0.1) is 0 Å². The van der Waals surface area contributed by atoms with Crippen LogP contribution >= 0.6 is 7.82 Å². The number of rotatable bonds is 6. The molecular formula is C30H39O7P. The van der Waals surface area contributed by atoms with E-state index in [1.54, 1.807) is 18.2 Å². The molecule has 3 aromatic rings. The van der Waals surface area contributed by atoms with Crippen molar-refractivity contribution in [2.24, 2.45) is 0 Å². The van der Waals surface area contributed by atoms with E-state index in [4.69, 9.17) is 13.6 Å². The Morgan fingerprint density at radius 2 is 0.737 bits per heavy atom. The summed E-state index contributed by atoms with van der Waals surface area (Å²) < 4.78 is 31.9. The molecule has 0 heterocycles. The molecule has 0 spiro atoms. The maximum absolute atomic E-state index is 14.2. The monoisotopic (exact) mass is 542 g/mol. The van der Waals surface area contributed by atoms with E-state index in [2.05, 4.69) is 0 Å². The lowest BCUT2D eigenvalue weighted by Crippen LogP contribution is -2.14. The highest BCUT2D eigenvalue weighted by Crippen LogP contribution is 2.52. The summed E-state index contributed by atoms with van der Waals surface area (Å²) in [7, 11) is -4.39. The lowest BCUT2D eigenvalue weighted by atomic mass is 9.86. The number of phosphoric ester groups is 1. The normalized spacial score (nSPS) is 12.8. The van der Waals surface area contributed by atoms with Crippen LogP contribution in [0.15, 0.2) is 54.6 Å². The number of phosphoric acid groups is 1. The highest BCUT2D eigenvalue weighted by molar-refractivity contribution is 7.49. The van der Waals surface area contributed by atoms with E-state index in [1.165, 1.54) is 36.4 Å². The van der Waals surface area contributed by atoms with Crippen LogP contribution < -0.4 is 13.6 Å². The number of aromatic hydroxyl groups is 3. The molecule has 7 nitrogen and oxygen atoms in total. The Kier molecular flexibility index (Phi) is 7.78. The Labute approximate surface area is 225 Å². The van der Waals surface area contributed by atoms with Crippen molar-refractivity contribution in [2.45, 2.75) is 78.6 Å². The molecule has 0 aromatic heterocycles. The zero-order chi connectivity index (χ0) is 28.7. The minimum Gasteiger partial charge on any atom is -0.508 e. The van der Waals surface area contributed by atoms with Crippen LogP contribution in [0.25, 0.3) is 0 Å². The van der Waals surface area contributed by atoms with E-state index >= 15 is 0 Å². The number of benzene rings is 3. The van der Waals surface area contributed by atoms with Gasteiger partial charge in [0.2, 0.25) is 0 Å². The van der Waals surface area contributed by atoms with Crippen LogP contribution in [0, 0.1) is 0 Å². The van der Waals surface area contributed by atoms with Gasteiger partial charge >= 0.3 is 7.82 Å². The van der Waals surface area contributed by atoms with Gasteiger partial charge in [0, 0.05) is 16.7 Å². The standard InChI is InChI=1S/C30H39O7P/c1-28(2,3)22-16-19(10-13-25(22)31)35-38(34,36-20-11-14-26(32)23(17-20)29(4,5)6)37-21-12-15-27(33)24(18-21)30(7,8)9/h10-18,31-33H,1-9H3. The molecular weight excluding hydrogens is 503 g/mol. The summed E-state index contributed by atoms with van der Waals surface area (Å²) in [5.41, 5.74) is 0.563. The van der Waals surface area contributed by atoms with Crippen molar-refractivity contribution in [3.63, 3.8) is 0 Å². The summed E-state index contributed by atoms with van der Waals surface area (Å²) in [6.45, 7) is 17.4. The zero-order valence-corrected chi connectivity index (χ0v) is 24.5. The Morgan fingerprint density at radius 3 is 0.947 bits per heavy atom. The van der Waals surface area contributed by atoms with E-state index in [0.717, 1.165) is 0 Å². The summed E-state index contributed by atoms with van der Waals surface area (Å²) in [4.78, 5) is 0. The molecule has 0 saturated carbocycles. The van der Waals surface area contributed by atoms with E-state index in [9.17, 15) is 19.9 Å².